The molecule has 10 aromatic carbocycles. The first kappa shape index (κ1) is 36.1. The molecule has 0 aromatic heterocycles. The van der Waals surface area contributed by atoms with E-state index in [2.05, 4.69) is 242 Å². The Morgan fingerprint density at radius 3 is 1.35 bits per heavy atom. The van der Waals surface area contributed by atoms with Crippen LogP contribution in [0.3, 0.4) is 0 Å². The molecule has 2 aliphatic carbocycles. The second-order valence-electron chi connectivity index (χ2n) is 16.9. The quantitative estimate of drug-likeness (QED) is 0.115. The summed E-state index contributed by atoms with van der Waals surface area (Å²) in [4.78, 5) is 2.39. The van der Waals surface area contributed by atoms with E-state index in [4.69, 9.17) is 0 Å². The van der Waals surface area contributed by atoms with Crippen LogP contribution >= 0.6 is 0 Å². The maximum absolute atomic E-state index is 2.49. The van der Waals surface area contributed by atoms with Crippen LogP contribution in [0.15, 0.2) is 224 Å². The molecule has 12 rings (SSSR count). The van der Waals surface area contributed by atoms with Gasteiger partial charge >= 0.3 is 0 Å². The Hall–Kier alpha value is -7.74. The summed E-state index contributed by atoms with van der Waals surface area (Å²) in [5.41, 5.74) is 19.2. The summed E-state index contributed by atoms with van der Waals surface area (Å²) in [5.74, 6) is 0. The molecule has 1 nitrogen and oxygen atoms in total. The van der Waals surface area contributed by atoms with Crippen LogP contribution in [0.25, 0.3) is 67.1 Å². The van der Waals surface area contributed by atoms with Crippen LogP contribution < -0.4 is 4.90 Å². The van der Waals surface area contributed by atoms with Gasteiger partial charge in [-0.15, -0.1) is 0 Å². The normalized spacial score (nSPS) is 13.4. The third kappa shape index (κ3) is 5.92. The lowest BCUT2D eigenvalue weighted by molar-refractivity contribution is 0.563. The minimum absolute atomic E-state index is 0.145. The van der Waals surface area contributed by atoms with Gasteiger partial charge in [0.1, 0.15) is 0 Å². The van der Waals surface area contributed by atoms with E-state index in [0.717, 1.165) is 24.2 Å². The molecule has 0 radical (unpaired) electrons. The van der Waals surface area contributed by atoms with Crippen molar-refractivity contribution >= 4 is 50.8 Å². The number of hydrogen-bond donors (Lipinski definition) is 0. The standard InChI is InChI=1S/C61H43N/c1-4-16-44(17-5-1)59-55-26-14-12-24-51(55)52-25-13-15-27-56(52)60(59)45-33-30-42(31-34-45)28-29-43-32-36-53-54-37-35-50(62(48-20-6-2-7-21-48)49-22-8-3-9-23-49)39-58(54)61(57(53)38-43)40-46-18-10-11-19-47(46)41-61/h1-39H,40-41H2/b29-28+. The van der Waals surface area contributed by atoms with Gasteiger partial charge in [-0.2, -0.15) is 0 Å². The number of rotatable bonds is 7. The molecule has 0 bridgehead atoms. The summed E-state index contributed by atoms with van der Waals surface area (Å²) in [5, 5.41) is 5.12. The third-order valence-corrected chi connectivity index (χ3v) is 13.4. The Labute approximate surface area is 363 Å². The Balaban J connectivity index is 0.926. The van der Waals surface area contributed by atoms with Gasteiger partial charge in [-0.25, -0.2) is 0 Å². The highest BCUT2D eigenvalue weighted by molar-refractivity contribution is 6.21. The maximum Gasteiger partial charge on any atom is 0.0465 e. The molecule has 0 atom stereocenters. The van der Waals surface area contributed by atoms with Gasteiger partial charge in [0.2, 0.25) is 0 Å². The third-order valence-electron chi connectivity index (χ3n) is 13.4. The molecular formula is C61H43N. The predicted molar refractivity (Wildman–Crippen MR) is 262 cm³/mol. The van der Waals surface area contributed by atoms with E-state index >= 15 is 0 Å². The van der Waals surface area contributed by atoms with E-state index in [1.54, 1.807) is 0 Å². The minimum atomic E-state index is -0.145. The molecule has 1 heteroatoms. The number of anilines is 3. The van der Waals surface area contributed by atoms with Gasteiger partial charge in [0.05, 0.1) is 0 Å². The number of para-hydroxylation sites is 2. The van der Waals surface area contributed by atoms with E-state index in [9.17, 15) is 0 Å². The molecule has 0 heterocycles. The summed E-state index contributed by atoms with van der Waals surface area (Å²) < 4.78 is 0. The van der Waals surface area contributed by atoms with Crippen LogP contribution in [0.1, 0.15) is 33.4 Å². The van der Waals surface area contributed by atoms with Crippen LogP contribution in [0.5, 0.6) is 0 Å². The summed E-state index contributed by atoms with van der Waals surface area (Å²) in [7, 11) is 0. The van der Waals surface area contributed by atoms with Crippen molar-refractivity contribution in [3.05, 3.63) is 258 Å². The van der Waals surface area contributed by atoms with Crippen LogP contribution in [0, 0.1) is 0 Å². The molecule has 0 fully saturated rings. The van der Waals surface area contributed by atoms with Crippen LogP contribution in [0.2, 0.25) is 0 Å². The highest BCUT2D eigenvalue weighted by atomic mass is 15.1. The topological polar surface area (TPSA) is 3.24 Å². The molecule has 292 valence electrons. The Morgan fingerprint density at radius 1 is 0.339 bits per heavy atom. The number of benzene rings is 10. The van der Waals surface area contributed by atoms with Gasteiger partial charge in [0.25, 0.3) is 0 Å². The monoisotopic (exact) mass is 789 g/mol. The molecule has 0 aliphatic heterocycles. The summed E-state index contributed by atoms with van der Waals surface area (Å²) in [6.45, 7) is 0. The Bertz CT molecular complexity index is 3260. The zero-order valence-corrected chi connectivity index (χ0v) is 34.4. The van der Waals surface area contributed by atoms with Crippen molar-refractivity contribution in [2.45, 2.75) is 18.3 Å². The van der Waals surface area contributed by atoms with E-state index in [1.165, 1.54) is 94.0 Å². The van der Waals surface area contributed by atoms with Gasteiger partial charge in [-0.3, -0.25) is 0 Å². The number of fused-ring (bicyclic) bond motifs is 9. The largest absolute Gasteiger partial charge is 0.310 e. The van der Waals surface area contributed by atoms with Crippen molar-refractivity contribution in [1.82, 2.24) is 0 Å². The smallest absolute Gasteiger partial charge is 0.0465 e. The zero-order chi connectivity index (χ0) is 41.0. The molecular weight excluding hydrogens is 747 g/mol. The fraction of sp³-hybridized carbons (Fsp3) is 0.0492. The highest BCUT2D eigenvalue weighted by Crippen LogP contribution is 2.57. The lowest BCUT2D eigenvalue weighted by Gasteiger charge is -2.30. The van der Waals surface area contributed by atoms with Gasteiger partial charge in [0, 0.05) is 22.5 Å². The molecule has 0 amide bonds. The SMILES string of the molecule is C(=C\c1ccc2c(c1)C1(Cc3ccccc3C1)c1cc(N(c3ccccc3)c3ccccc3)ccc1-2)/c1ccc(-c2c(-c3ccccc3)c3ccccc3c3ccccc23)cc1. The molecule has 10 aromatic rings. The minimum Gasteiger partial charge on any atom is -0.310 e. The number of hydrogen-bond acceptors (Lipinski definition) is 1. The summed E-state index contributed by atoms with van der Waals surface area (Å²) in [6.07, 6.45) is 6.56. The van der Waals surface area contributed by atoms with Crippen LogP contribution in [-0.2, 0) is 18.3 Å². The van der Waals surface area contributed by atoms with Crippen molar-refractivity contribution in [2.24, 2.45) is 0 Å². The molecule has 62 heavy (non-hydrogen) atoms. The van der Waals surface area contributed by atoms with Crippen molar-refractivity contribution in [3.63, 3.8) is 0 Å². The van der Waals surface area contributed by atoms with Crippen LogP contribution in [0.4, 0.5) is 17.1 Å². The molecule has 0 N–H and O–H groups in total. The van der Waals surface area contributed by atoms with Gasteiger partial charge < -0.3 is 4.90 Å². The fourth-order valence-corrected chi connectivity index (χ4v) is 10.6. The lowest BCUT2D eigenvalue weighted by Crippen LogP contribution is -2.26. The zero-order valence-electron chi connectivity index (χ0n) is 34.4. The molecule has 0 saturated carbocycles. The molecule has 0 unspecified atom stereocenters. The van der Waals surface area contributed by atoms with Crippen molar-refractivity contribution in [3.8, 4) is 33.4 Å². The Kier molecular flexibility index (Phi) is 8.61. The second kappa shape index (κ2) is 14.8. The van der Waals surface area contributed by atoms with E-state index in [1.807, 2.05) is 0 Å². The van der Waals surface area contributed by atoms with Crippen molar-refractivity contribution < 1.29 is 0 Å². The molecule has 1 spiro atoms. The van der Waals surface area contributed by atoms with E-state index in [-0.39, 0.29) is 5.41 Å². The fourth-order valence-electron chi connectivity index (χ4n) is 10.6. The molecule has 0 saturated heterocycles. The first-order valence-electron chi connectivity index (χ1n) is 21.8. The van der Waals surface area contributed by atoms with E-state index < -0.39 is 0 Å². The Morgan fingerprint density at radius 2 is 0.774 bits per heavy atom. The van der Waals surface area contributed by atoms with Crippen molar-refractivity contribution in [2.75, 3.05) is 4.90 Å². The van der Waals surface area contributed by atoms with Crippen molar-refractivity contribution in [1.29, 1.82) is 0 Å². The maximum atomic E-state index is 2.49. The van der Waals surface area contributed by atoms with Gasteiger partial charge in [-0.1, -0.05) is 200 Å². The van der Waals surface area contributed by atoms with Crippen LogP contribution in [-0.4, -0.2) is 0 Å². The lowest BCUT2D eigenvalue weighted by atomic mass is 9.75. The average molecular weight is 790 g/mol. The van der Waals surface area contributed by atoms with Gasteiger partial charge in [0.15, 0.2) is 0 Å². The molecule has 2 aliphatic rings. The van der Waals surface area contributed by atoms with Gasteiger partial charge in [-0.05, 0) is 138 Å². The summed E-state index contributed by atoms with van der Waals surface area (Å²) in [6, 6.07) is 82.6. The number of nitrogens with zero attached hydrogens (tertiary/aromatic N) is 1. The predicted octanol–water partition coefficient (Wildman–Crippen LogP) is 16.0. The highest BCUT2D eigenvalue weighted by Gasteiger charge is 2.47. The van der Waals surface area contributed by atoms with E-state index in [0.29, 0.717) is 0 Å². The summed E-state index contributed by atoms with van der Waals surface area (Å²) >= 11 is 0. The first-order valence-corrected chi connectivity index (χ1v) is 21.8. The second-order valence-corrected chi connectivity index (χ2v) is 16.9. The average Bonchev–Trinajstić information content (AvgIpc) is 3.86. The first-order chi connectivity index (χ1) is 30.7.